The Labute approximate surface area is 145 Å². The molecule has 0 aromatic heterocycles. The van der Waals surface area contributed by atoms with Crippen LogP contribution in [-0.4, -0.2) is 145 Å². The van der Waals surface area contributed by atoms with Gasteiger partial charge in [-0.05, 0) is 0 Å². The molecule has 0 aliphatic heterocycles. The van der Waals surface area contributed by atoms with Crippen LogP contribution in [0.15, 0.2) is 0 Å². The first kappa shape index (κ1) is 12400. The van der Waals surface area contributed by atoms with E-state index in [-0.39, 0.29) is 145 Å². The molecule has 0 aliphatic rings. The van der Waals surface area contributed by atoms with Gasteiger partial charge < -0.3 is 98.6 Å². The Morgan fingerprint density at radius 3 is 0.150 bits per heavy atom. The predicted octanol–water partition coefficient (Wildman–Crippen LogP) is -15.9. The Morgan fingerprint density at radius 1 is 0.150 bits per heavy atom. The number of rotatable bonds is 0. The third kappa shape index (κ3) is 9040. The second-order valence-electron chi connectivity index (χ2n) is 0. The Balaban J connectivity index is 0. The van der Waals surface area contributed by atoms with E-state index >= 15 is 0 Å². The van der Waals surface area contributed by atoms with Gasteiger partial charge in [0, 0.05) is 17.4 Å². The molecule has 0 rings (SSSR count). The Hall–Kier alpha value is 0.812. The average Bonchev–Trinajstić information content (AvgIpc) is 0. The molecule has 0 spiro atoms. The molecule has 0 aromatic rings. The van der Waals surface area contributed by atoms with E-state index < -0.39 is 0 Å². The van der Waals surface area contributed by atoms with E-state index in [1.54, 1.807) is 0 Å². The summed E-state index contributed by atoms with van der Waals surface area (Å²) in [5.41, 5.74) is 0. The van der Waals surface area contributed by atoms with Gasteiger partial charge in [-0.1, -0.05) is 0 Å². The molecule has 0 atom stereocenters. The summed E-state index contributed by atoms with van der Waals surface area (Å²) in [7, 11) is 0. The number of hydrogen-bond donors (Lipinski definition) is 0. The van der Waals surface area contributed by atoms with Crippen LogP contribution in [0, 0.1) is 0 Å². The quantitative estimate of drug-likeness (QED) is 0.355. The zero-order chi connectivity index (χ0) is 0. The Bertz CT molecular complexity index is 11.4. The van der Waals surface area contributed by atoms with E-state index in [1.807, 2.05) is 0 Å². The van der Waals surface area contributed by atoms with E-state index in [1.165, 1.54) is 0 Å². The fraction of sp³-hybridized carbons (Fsp3) is 0. The third-order valence-electron chi connectivity index (χ3n) is 0. The first-order valence-corrected chi connectivity index (χ1v) is 0. The van der Waals surface area contributed by atoms with Gasteiger partial charge in [0.15, 0.2) is 0 Å². The van der Waals surface area contributed by atoms with Crippen molar-refractivity contribution in [3.05, 3.63) is 0 Å². The topological polar surface area (TPSA) is 567 Å². The summed E-state index contributed by atoms with van der Waals surface area (Å²) in [6.45, 7) is 0. The van der Waals surface area contributed by atoms with Crippen molar-refractivity contribution >= 4 is 46.9 Å². The molecule has 0 fully saturated rings. The number of hydrogen-bond acceptors (Lipinski definition) is 0. The molecule has 0 unspecified atom stereocenters. The minimum atomic E-state index is 0. The van der Waals surface area contributed by atoms with E-state index in [4.69, 9.17) is 0 Å². The van der Waals surface area contributed by atoms with Gasteiger partial charge >= 0.3 is 29.6 Å². The van der Waals surface area contributed by atoms with Crippen LogP contribution in [-0.2, 0) is 0 Å². The fourth-order valence-electron chi connectivity index (χ4n) is 0. The molecule has 0 saturated carbocycles. The van der Waals surface area contributed by atoms with Crippen LogP contribution in [0.2, 0.25) is 0 Å². The Morgan fingerprint density at radius 2 is 0.150 bits per heavy atom. The van der Waals surface area contributed by atoms with Gasteiger partial charge in [0.1, 0.15) is 0 Å². The van der Waals surface area contributed by atoms with Gasteiger partial charge in [-0.3, -0.25) is 0 Å². The predicted molar refractivity (Wildman–Crippen MR) is 78.0 cm³/mol. The maximum absolute atomic E-state index is 0. The van der Waals surface area contributed by atoms with Crippen LogP contribution >= 0.6 is 0 Å². The van der Waals surface area contributed by atoms with Crippen molar-refractivity contribution in [3.8, 4) is 0 Å². The monoisotopic (exact) mass is 375 g/mol. The van der Waals surface area contributed by atoms with Gasteiger partial charge in [-0.25, -0.2) is 0 Å². The van der Waals surface area contributed by atoms with Crippen molar-refractivity contribution in [2.75, 3.05) is 0 Å². The van der Waals surface area contributed by atoms with Gasteiger partial charge in [-0.15, -0.1) is 0 Å². The molecule has 0 bridgehead atoms. The third-order valence-corrected chi connectivity index (χ3v) is 0. The summed E-state index contributed by atoms with van der Waals surface area (Å²) < 4.78 is 0. The minimum absolute atomic E-state index is 0. The average molecular weight is 375 g/mol. The first-order chi connectivity index (χ1) is 0. The van der Waals surface area contributed by atoms with Crippen LogP contribution in [0.3, 0.4) is 0 Å². The van der Waals surface area contributed by atoms with Crippen molar-refractivity contribution in [2.24, 2.45) is 0 Å². The zero-order valence-electron chi connectivity index (χ0n) is 9.58. The van der Waals surface area contributed by atoms with E-state index in [0.29, 0.717) is 0 Å². The van der Waals surface area contributed by atoms with Crippen LogP contribution in [0.1, 0.15) is 0 Å². The van der Waals surface area contributed by atoms with Crippen molar-refractivity contribution in [1.82, 2.24) is 0 Å². The van der Waals surface area contributed by atoms with Crippen LogP contribution in [0.4, 0.5) is 0 Å². The van der Waals surface area contributed by atoms with E-state index in [2.05, 4.69) is 0 Å². The van der Waals surface area contributed by atoms with Crippen LogP contribution in [0.25, 0.3) is 0 Å². The molecule has 149 valence electrons. The fourth-order valence-corrected chi connectivity index (χ4v) is 0. The maximum atomic E-state index is 0. The standard InChI is InChI=1S/Al.Na.18H2O.H/h;;18*1H2;. The van der Waals surface area contributed by atoms with E-state index in [9.17, 15) is 0 Å². The molecule has 18 nitrogen and oxygen atoms in total. The molecule has 0 amide bonds. The summed E-state index contributed by atoms with van der Waals surface area (Å²) in [5, 5.41) is 0. The van der Waals surface area contributed by atoms with Crippen molar-refractivity contribution in [1.29, 1.82) is 0 Å². The summed E-state index contributed by atoms with van der Waals surface area (Å²) in [5.74, 6) is 0. The molecule has 0 aromatic carbocycles. The van der Waals surface area contributed by atoms with Crippen molar-refractivity contribution in [3.63, 3.8) is 0 Å². The summed E-state index contributed by atoms with van der Waals surface area (Å²) >= 11 is 0. The molecule has 20 heteroatoms. The van der Waals surface area contributed by atoms with Crippen LogP contribution < -0.4 is 0 Å². The van der Waals surface area contributed by atoms with E-state index in [0.717, 1.165) is 0 Å². The van der Waals surface area contributed by atoms with Gasteiger partial charge in [0.05, 0.1) is 0 Å². The second-order valence-corrected chi connectivity index (χ2v) is 0. The molecule has 20 heavy (non-hydrogen) atoms. The Kier molecular flexibility index (Phi) is 6570000. The molecular formula is H37AlNaO18. The van der Waals surface area contributed by atoms with Crippen molar-refractivity contribution < 1.29 is 98.6 Å². The molecular weight excluding hydrogens is 338 g/mol. The summed E-state index contributed by atoms with van der Waals surface area (Å²) in [6.07, 6.45) is 0. The molecule has 36 N–H and O–H groups in total. The van der Waals surface area contributed by atoms with Gasteiger partial charge in [0.25, 0.3) is 0 Å². The first-order valence-electron chi connectivity index (χ1n) is 0. The van der Waals surface area contributed by atoms with Gasteiger partial charge in [0.2, 0.25) is 0 Å². The van der Waals surface area contributed by atoms with Gasteiger partial charge in [-0.2, -0.15) is 0 Å². The van der Waals surface area contributed by atoms with Crippen molar-refractivity contribution in [2.45, 2.75) is 0 Å². The molecule has 3 radical (unpaired) electrons. The molecule has 0 heterocycles. The second kappa shape index (κ2) is 10600. The molecule has 0 aliphatic carbocycles. The summed E-state index contributed by atoms with van der Waals surface area (Å²) in [6, 6.07) is 0. The SMILES string of the molecule is O.O.O.O.O.O.O.O.O.O.O.O.O.O.O.O.O.O.[Al].[NaH]. The van der Waals surface area contributed by atoms with Crippen LogP contribution in [0.5, 0.6) is 0 Å². The normalized spacial score (nSPS) is 0. The summed E-state index contributed by atoms with van der Waals surface area (Å²) in [4.78, 5) is 0. The zero-order valence-corrected chi connectivity index (χ0v) is 10.7. The molecule has 0 saturated heterocycles.